The predicted molar refractivity (Wildman–Crippen MR) is 85.1 cm³/mol. The van der Waals surface area contributed by atoms with Crippen molar-refractivity contribution < 1.29 is 0 Å². The molecular weight excluding hydrogens is 254 g/mol. The summed E-state index contributed by atoms with van der Waals surface area (Å²) in [6, 6.07) is 0.842. The fourth-order valence-corrected chi connectivity index (χ4v) is 4.33. The van der Waals surface area contributed by atoms with Crippen molar-refractivity contribution in [3.8, 4) is 0 Å². The summed E-state index contributed by atoms with van der Waals surface area (Å²) in [5.74, 6) is 0. The molecule has 0 aromatic heterocycles. The van der Waals surface area contributed by atoms with Crippen molar-refractivity contribution in [3.05, 3.63) is 0 Å². The van der Waals surface area contributed by atoms with E-state index in [1.54, 1.807) is 0 Å². The molecule has 2 rings (SSSR count). The van der Waals surface area contributed by atoms with E-state index in [9.17, 15) is 0 Å². The van der Waals surface area contributed by atoms with Crippen LogP contribution < -0.4 is 0 Å². The number of rotatable bonds is 7. The number of hydrogen-bond acceptors (Lipinski definition) is 4. The molecule has 2 fully saturated rings. The standard InChI is InChI=1S/C15H31N3S/c1-3-7-15(8-4-2)16-11-13-18(14-12-16)19-17-9-5-6-10-17/h15H,3-14H2,1-2H3. The van der Waals surface area contributed by atoms with Gasteiger partial charge in [-0.3, -0.25) is 4.90 Å². The second-order valence-corrected chi connectivity index (χ2v) is 7.11. The molecule has 0 unspecified atom stereocenters. The van der Waals surface area contributed by atoms with Crippen LogP contribution in [0.4, 0.5) is 0 Å². The average Bonchev–Trinajstić information content (AvgIpc) is 2.92. The molecule has 2 saturated heterocycles. The molecule has 0 atom stereocenters. The van der Waals surface area contributed by atoms with Gasteiger partial charge in [-0.25, -0.2) is 8.61 Å². The third-order valence-electron chi connectivity index (χ3n) is 4.33. The largest absolute Gasteiger partial charge is 0.298 e. The second-order valence-electron chi connectivity index (χ2n) is 5.91. The van der Waals surface area contributed by atoms with Crippen molar-refractivity contribution in [2.24, 2.45) is 0 Å². The summed E-state index contributed by atoms with van der Waals surface area (Å²) in [4.78, 5) is 2.74. The summed E-state index contributed by atoms with van der Waals surface area (Å²) < 4.78 is 5.13. The van der Waals surface area contributed by atoms with E-state index in [0.717, 1.165) is 6.04 Å². The molecule has 0 bridgehead atoms. The highest BCUT2D eigenvalue weighted by Crippen LogP contribution is 2.24. The molecular formula is C15H31N3S. The molecule has 0 spiro atoms. The van der Waals surface area contributed by atoms with Crippen molar-refractivity contribution in [1.29, 1.82) is 0 Å². The van der Waals surface area contributed by atoms with Gasteiger partial charge in [-0.2, -0.15) is 0 Å². The van der Waals surface area contributed by atoms with Gasteiger partial charge in [0.2, 0.25) is 0 Å². The Morgan fingerprint density at radius 2 is 1.32 bits per heavy atom. The Hall–Kier alpha value is 0.230. The molecule has 0 aromatic rings. The first-order valence-electron chi connectivity index (χ1n) is 8.25. The monoisotopic (exact) mass is 285 g/mol. The van der Waals surface area contributed by atoms with Gasteiger partial charge in [0, 0.05) is 57.4 Å². The lowest BCUT2D eigenvalue weighted by molar-refractivity contribution is 0.126. The van der Waals surface area contributed by atoms with Gasteiger partial charge in [0.25, 0.3) is 0 Å². The number of nitrogens with zero attached hydrogens (tertiary/aromatic N) is 3. The van der Waals surface area contributed by atoms with Gasteiger partial charge in [0.1, 0.15) is 0 Å². The normalized spacial score (nSPS) is 23.5. The minimum atomic E-state index is 0.842. The lowest BCUT2D eigenvalue weighted by Gasteiger charge is -2.39. The minimum absolute atomic E-state index is 0.842. The molecule has 0 amide bonds. The van der Waals surface area contributed by atoms with Crippen LogP contribution in [0, 0.1) is 0 Å². The van der Waals surface area contributed by atoms with E-state index < -0.39 is 0 Å². The lowest BCUT2D eigenvalue weighted by atomic mass is 10.0. The van der Waals surface area contributed by atoms with Crippen LogP contribution in [0.1, 0.15) is 52.4 Å². The van der Waals surface area contributed by atoms with E-state index in [-0.39, 0.29) is 0 Å². The van der Waals surface area contributed by atoms with Gasteiger partial charge in [0.15, 0.2) is 0 Å². The van der Waals surface area contributed by atoms with Crippen LogP contribution in [0.15, 0.2) is 0 Å². The Bertz CT molecular complexity index is 230. The van der Waals surface area contributed by atoms with Crippen LogP contribution in [-0.2, 0) is 0 Å². The minimum Gasteiger partial charge on any atom is -0.298 e. The van der Waals surface area contributed by atoms with Crippen molar-refractivity contribution in [2.45, 2.75) is 58.4 Å². The number of piperazine rings is 1. The van der Waals surface area contributed by atoms with E-state index in [1.165, 1.54) is 77.8 Å². The van der Waals surface area contributed by atoms with Gasteiger partial charge >= 0.3 is 0 Å². The van der Waals surface area contributed by atoms with Gasteiger partial charge in [-0.1, -0.05) is 26.7 Å². The Balaban J connectivity index is 1.70. The molecule has 19 heavy (non-hydrogen) atoms. The zero-order valence-corrected chi connectivity index (χ0v) is 13.6. The SMILES string of the molecule is CCCC(CCC)N1CCN(SN2CCCC2)CC1. The molecule has 3 nitrogen and oxygen atoms in total. The Kier molecular flexibility index (Phi) is 6.99. The highest BCUT2D eigenvalue weighted by molar-refractivity contribution is 7.94. The molecule has 2 aliphatic heterocycles. The molecule has 112 valence electrons. The third kappa shape index (κ3) is 4.92. The summed E-state index contributed by atoms with van der Waals surface area (Å²) in [6.45, 7) is 12.2. The zero-order valence-electron chi connectivity index (χ0n) is 12.8. The number of hydrogen-bond donors (Lipinski definition) is 0. The van der Waals surface area contributed by atoms with Crippen molar-refractivity contribution >= 4 is 12.1 Å². The lowest BCUT2D eigenvalue weighted by Crippen LogP contribution is -2.48. The van der Waals surface area contributed by atoms with Crippen molar-refractivity contribution in [2.75, 3.05) is 39.3 Å². The van der Waals surface area contributed by atoms with Gasteiger partial charge in [-0.05, 0) is 25.7 Å². The fraction of sp³-hybridized carbons (Fsp3) is 1.00. The summed E-state index contributed by atoms with van der Waals surface area (Å²) >= 11 is 2.01. The van der Waals surface area contributed by atoms with Crippen LogP contribution in [-0.4, -0.2) is 58.8 Å². The van der Waals surface area contributed by atoms with Crippen molar-refractivity contribution in [1.82, 2.24) is 13.5 Å². The van der Waals surface area contributed by atoms with E-state index in [4.69, 9.17) is 0 Å². The second kappa shape index (κ2) is 8.50. The fourth-order valence-electron chi connectivity index (χ4n) is 3.26. The maximum Gasteiger partial charge on any atom is 0.0230 e. The molecule has 2 aliphatic rings. The maximum absolute atomic E-state index is 2.74. The third-order valence-corrected chi connectivity index (χ3v) is 5.52. The molecule has 4 heteroatoms. The Morgan fingerprint density at radius 3 is 1.84 bits per heavy atom. The van der Waals surface area contributed by atoms with Gasteiger partial charge in [-0.15, -0.1) is 0 Å². The van der Waals surface area contributed by atoms with Crippen LogP contribution in [0.2, 0.25) is 0 Å². The summed E-state index contributed by atoms with van der Waals surface area (Å²) in [5, 5.41) is 0. The van der Waals surface area contributed by atoms with Crippen LogP contribution >= 0.6 is 12.1 Å². The zero-order chi connectivity index (χ0) is 13.5. The topological polar surface area (TPSA) is 9.72 Å². The summed E-state index contributed by atoms with van der Waals surface area (Å²) in [6.07, 6.45) is 8.20. The van der Waals surface area contributed by atoms with E-state index in [2.05, 4.69) is 27.4 Å². The van der Waals surface area contributed by atoms with Crippen LogP contribution in [0.25, 0.3) is 0 Å². The summed E-state index contributed by atoms with van der Waals surface area (Å²) in [5.41, 5.74) is 0. The van der Waals surface area contributed by atoms with Crippen molar-refractivity contribution in [3.63, 3.8) is 0 Å². The Morgan fingerprint density at radius 1 is 0.789 bits per heavy atom. The maximum atomic E-state index is 2.74. The van der Waals surface area contributed by atoms with Crippen LogP contribution in [0.3, 0.4) is 0 Å². The average molecular weight is 286 g/mol. The highest BCUT2D eigenvalue weighted by Gasteiger charge is 2.25. The Labute approximate surface area is 124 Å². The predicted octanol–water partition coefficient (Wildman–Crippen LogP) is 3.23. The summed E-state index contributed by atoms with van der Waals surface area (Å²) in [7, 11) is 0. The molecule has 0 saturated carbocycles. The molecule has 0 aliphatic carbocycles. The first kappa shape index (κ1) is 15.6. The molecule has 0 radical (unpaired) electrons. The van der Waals surface area contributed by atoms with E-state index in [1.807, 2.05) is 12.1 Å². The van der Waals surface area contributed by atoms with Gasteiger partial charge < -0.3 is 0 Å². The molecule has 0 aromatic carbocycles. The van der Waals surface area contributed by atoms with Gasteiger partial charge in [0.05, 0.1) is 0 Å². The first-order valence-corrected chi connectivity index (χ1v) is 8.98. The highest BCUT2D eigenvalue weighted by atomic mass is 32.2. The van der Waals surface area contributed by atoms with Crippen LogP contribution in [0.5, 0.6) is 0 Å². The smallest absolute Gasteiger partial charge is 0.0230 e. The quantitative estimate of drug-likeness (QED) is 0.664. The molecule has 0 N–H and O–H groups in total. The first-order chi connectivity index (χ1) is 9.33. The molecule has 2 heterocycles. The van der Waals surface area contributed by atoms with E-state index in [0.29, 0.717) is 0 Å². The van der Waals surface area contributed by atoms with E-state index >= 15 is 0 Å².